The fourth-order valence-corrected chi connectivity index (χ4v) is 1.53. The molecule has 0 aromatic rings. The van der Waals surface area contributed by atoms with E-state index in [9.17, 15) is 0 Å². The van der Waals surface area contributed by atoms with Crippen LogP contribution in [-0.4, -0.2) is 16.0 Å². The molecular formula is C5H8Cl2O. The number of aliphatic hydroxyl groups excluding tert-OH is 1. The van der Waals surface area contributed by atoms with Gasteiger partial charge in [0.1, 0.15) is 4.33 Å². The second kappa shape index (κ2) is 1.76. The van der Waals surface area contributed by atoms with E-state index in [1.807, 2.05) is 6.92 Å². The highest BCUT2D eigenvalue weighted by atomic mass is 35.5. The summed E-state index contributed by atoms with van der Waals surface area (Å²) in [6, 6.07) is 0. The number of hydrogen-bond donors (Lipinski definition) is 1. The maximum Gasteiger partial charge on any atom is 0.126 e. The standard InChI is InChI=1S/C5H8Cl2O/c1-3-4(2-8)5(3,6)7/h3-4,8H,2H2,1H3/t3-,4+/m0/s1. The first-order valence-corrected chi connectivity index (χ1v) is 3.35. The largest absolute Gasteiger partial charge is 0.396 e. The first kappa shape index (κ1) is 6.66. The van der Waals surface area contributed by atoms with E-state index in [4.69, 9.17) is 28.3 Å². The molecule has 1 aliphatic rings. The molecule has 0 radical (unpaired) electrons. The van der Waals surface area contributed by atoms with Crippen LogP contribution in [-0.2, 0) is 0 Å². The van der Waals surface area contributed by atoms with Crippen LogP contribution in [0.2, 0.25) is 0 Å². The van der Waals surface area contributed by atoms with Gasteiger partial charge in [-0.2, -0.15) is 0 Å². The van der Waals surface area contributed by atoms with Crippen molar-refractivity contribution in [3.63, 3.8) is 0 Å². The highest BCUT2D eigenvalue weighted by Crippen LogP contribution is 2.58. The van der Waals surface area contributed by atoms with E-state index in [0.29, 0.717) is 0 Å². The number of alkyl halides is 2. The molecule has 0 spiro atoms. The Bertz CT molecular complexity index is 103. The molecule has 0 aromatic carbocycles. The first-order chi connectivity index (χ1) is 3.60. The van der Waals surface area contributed by atoms with Gasteiger partial charge in [0, 0.05) is 12.5 Å². The lowest BCUT2D eigenvalue weighted by molar-refractivity contribution is 0.269. The third-order valence-electron chi connectivity index (χ3n) is 1.79. The Labute approximate surface area is 58.6 Å². The van der Waals surface area contributed by atoms with Crippen LogP contribution in [0.15, 0.2) is 0 Å². The van der Waals surface area contributed by atoms with Crippen LogP contribution in [0.5, 0.6) is 0 Å². The van der Waals surface area contributed by atoms with Gasteiger partial charge in [-0.1, -0.05) is 6.92 Å². The Morgan fingerprint density at radius 1 is 1.62 bits per heavy atom. The van der Waals surface area contributed by atoms with E-state index in [2.05, 4.69) is 0 Å². The zero-order valence-electron chi connectivity index (χ0n) is 4.56. The number of aliphatic hydroxyl groups is 1. The monoisotopic (exact) mass is 154 g/mol. The van der Waals surface area contributed by atoms with E-state index in [0.717, 1.165) is 0 Å². The quantitative estimate of drug-likeness (QED) is 0.567. The van der Waals surface area contributed by atoms with Crippen molar-refractivity contribution in [1.29, 1.82) is 0 Å². The van der Waals surface area contributed by atoms with E-state index in [-0.39, 0.29) is 18.4 Å². The van der Waals surface area contributed by atoms with Crippen LogP contribution < -0.4 is 0 Å². The zero-order chi connectivity index (χ0) is 6.36. The first-order valence-electron chi connectivity index (χ1n) is 2.59. The summed E-state index contributed by atoms with van der Waals surface area (Å²) in [4.78, 5) is 0. The van der Waals surface area contributed by atoms with Gasteiger partial charge in [0.05, 0.1) is 0 Å². The van der Waals surface area contributed by atoms with Crippen molar-refractivity contribution >= 4 is 23.2 Å². The summed E-state index contributed by atoms with van der Waals surface area (Å²) in [5, 5.41) is 8.54. The van der Waals surface area contributed by atoms with Crippen molar-refractivity contribution in [2.45, 2.75) is 11.3 Å². The molecule has 0 unspecified atom stereocenters. The smallest absolute Gasteiger partial charge is 0.126 e. The molecule has 0 aliphatic heterocycles. The molecule has 2 atom stereocenters. The van der Waals surface area contributed by atoms with E-state index in [1.54, 1.807) is 0 Å². The molecule has 0 amide bonds. The Balaban J connectivity index is 2.45. The van der Waals surface area contributed by atoms with Crippen molar-refractivity contribution in [2.24, 2.45) is 11.8 Å². The van der Waals surface area contributed by atoms with E-state index < -0.39 is 4.33 Å². The average molecular weight is 155 g/mol. The lowest BCUT2D eigenvalue weighted by atomic mass is 10.4. The summed E-state index contributed by atoms with van der Waals surface area (Å²) >= 11 is 11.3. The number of rotatable bonds is 1. The number of hydrogen-bond acceptors (Lipinski definition) is 1. The van der Waals surface area contributed by atoms with Gasteiger partial charge < -0.3 is 5.11 Å². The molecular weight excluding hydrogens is 147 g/mol. The van der Waals surface area contributed by atoms with Gasteiger partial charge in [-0.15, -0.1) is 23.2 Å². The SMILES string of the molecule is C[C@H]1[C@@H](CO)C1(Cl)Cl. The molecule has 1 nitrogen and oxygen atoms in total. The van der Waals surface area contributed by atoms with Crippen LogP contribution in [0, 0.1) is 11.8 Å². The average Bonchev–Trinajstić information content (AvgIpc) is 2.09. The summed E-state index contributed by atoms with van der Waals surface area (Å²) in [6.07, 6.45) is 0. The van der Waals surface area contributed by atoms with Gasteiger partial charge in [0.2, 0.25) is 0 Å². The molecule has 8 heavy (non-hydrogen) atoms. The third-order valence-corrected chi connectivity index (χ3v) is 3.04. The van der Waals surface area contributed by atoms with Crippen molar-refractivity contribution < 1.29 is 5.11 Å². The van der Waals surface area contributed by atoms with Gasteiger partial charge in [0.25, 0.3) is 0 Å². The van der Waals surface area contributed by atoms with Crippen molar-refractivity contribution in [3.8, 4) is 0 Å². The molecule has 0 saturated heterocycles. The summed E-state index contributed by atoms with van der Waals surface area (Å²) < 4.78 is -0.630. The number of halogens is 2. The highest BCUT2D eigenvalue weighted by Gasteiger charge is 2.59. The maximum absolute atomic E-state index is 8.54. The molecule has 1 aliphatic carbocycles. The normalized spacial score (nSPS) is 42.0. The third kappa shape index (κ3) is 0.734. The van der Waals surface area contributed by atoms with Crippen molar-refractivity contribution in [1.82, 2.24) is 0 Å². The van der Waals surface area contributed by atoms with Gasteiger partial charge >= 0.3 is 0 Å². The van der Waals surface area contributed by atoms with Gasteiger partial charge in [-0.25, -0.2) is 0 Å². The fourth-order valence-electron chi connectivity index (χ4n) is 0.840. The molecule has 1 rings (SSSR count). The lowest BCUT2D eigenvalue weighted by Gasteiger charge is -1.90. The predicted octanol–water partition coefficient (Wildman–Crippen LogP) is 1.42. The summed E-state index contributed by atoms with van der Waals surface area (Å²) in [6.45, 7) is 2.04. The zero-order valence-corrected chi connectivity index (χ0v) is 6.08. The fraction of sp³-hybridized carbons (Fsp3) is 1.00. The Kier molecular flexibility index (Phi) is 1.46. The highest BCUT2D eigenvalue weighted by molar-refractivity contribution is 6.51. The molecule has 1 saturated carbocycles. The Hall–Kier alpha value is 0.540. The molecule has 1 N–H and O–H groups in total. The van der Waals surface area contributed by atoms with Gasteiger partial charge in [0.15, 0.2) is 0 Å². The predicted molar refractivity (Wildman–Crippen MR) is 34.2 cm³/mol. The lowest BCUT2D eigenvalue weighted by Crippen LogP contribution is -1.93. The van der Waals surface area contributed by atoms with Crippen LogP contribution in [0.4, 0.5) is 0 Å². The second-order valence-corrected chi connectivity index (χ2v) is 3.70. The van der Waals surface area contributed by atoms with E-state index in [1.165, 1.54) is 0 Å². The van der Waals surface area contributed by atoms with Crippen LogP contribution in [0.25, 0.3) is 0 Å². The molecule has 3 heteroatoms. The molecule has 48 valence electrons. The maximum atomic E-state index is 8.54. The molecule has 0 heterocycles. The summed E-state index contributed by atoms with van der Waals surface area (Å²) in [5.74, 6) is 0.363. The van der Waals surface area contributed by atoms with Gasteiger partial charge in [-0.3, -0.25) is 0 Å². The molecule has 1 fully saturated rings. The van der Waals surface area contributed by atoms with Crippen molar-refractivity contribution in [3.05, 3.63) is 0 Å². The minimum absolute atomic E-state index is 0.103. The topological polar surface area (TPSA) is 20.2 Å². The van der Waals surface area contributed by atoms with Crippen LogP contribution >= 0.6 is 23.2 Å². The van der Waals surface area contributed by atoms with E-state index >= 15 is 0 Å². The second-order valence-electron chi connectivity index (χ2n) is 2.25. The molecule has 0 aromatic heterocycles. The van der Waals surface area contributed by atoms with Gasteiger partial charge in [-0.05, 0) is 5.92 Å². The minimum Gasteiger partial charge on any atom is -0.396 e. The summed E-state index contributed by atoms with van der Waals surface area (Å²) in [5.41, 5.74) is 0. The Morgan fingerprint density at radius 2 is 2.00 bits per heavy atom. The van der Waals surface area contributed by atoms with Crippen molar-refractivity contribution in [2.75, 3.05) is 6.61 Å². The minimum atomic E-state index is -0.630. The van der Waals surface area contributed by atoms with Crippen LogP contribution in [0.3, 0.4) is 0 Å². The summed E-state index contributed by atoms with van der Waals surface area (Å²) in [7, 11) is 0. The van der Waals surface area contributed by atoms with Crippen LogP contribution in [0.1, 0.15) is 6.92 Å². The molecule has 0 bridgehead atoms. The Morgan fingerprint density at radius 3 is 2.00 bits per heavy atom.